The first-order valence-electron chi connectivity index (χ1n) is 16.6. The molecule has 0 aromatic heterocycles. The Morgan fingerprint density at radius 2 is 1.64 bits per heavy atom. The molecular formula is C31H56N2O12. The number of carbonyl (C=O) groups is 2. The molecule has 262 valence electrons. The molecule has 14 nitrogen and oxygen atoms in total. The SMILES string of the molecule is CCCCCC[C@H](COC1O[C@@H](C)C(O)[C@H](O)[C@@H]1O)O[C@@H]1O[C@@H](CO)[C@H](O)C(O[C@@H](CC2CCCCC2)C(N)=O)C1NC(C)=O. The normalized spacial score (nSPS) is 35.9. The largest absolute Gasteiger partial charge is 0.394 e. The molecule has 14 heteroatoms. The average molecular weight is 649 g/mol. The minimum Gasteiger partial charge on any atom is -0.394 e. The summed E-state index contributed by atoms with van der Waals surface area (Å²) in [6.45, 7) is 4.23. The van der Waals surface area contributed by atoms with E-state index in [4.69, 9.17) is 29.4 Å². The molecule has 8 N–H and O–H groups in total. The zero-order valence-electron chi connectivity index (χ0n) is 26.9. The summed E-state index contributed by atoms with van der Waals surface area (Å²) in [7, 11) is 0. The van der Waals surface area contributed by atoms with Gasteiger partial charge in [-0.05, 0) is 25.7 Å². The fraction of sp³-hybridized carbons (Fsp3) is 0.935. The Morgan fingerprint density at radius 1 is 0.933 bits per heavy atom. The molecule has 3 fully saturated rings. The molecule has 1 saturated carbocycles. The molecule has 4 unspecified atom stereocenters. The van der Waals surface area contributed by atoms with Gasteiger partial charge >= 0.3 is 0 Å². The lowest BCUT2D eigenvalue weighted by atomic mass is 9.85. The topological polar surface area (TPSA) is 219 Å². The van der Waals surface area contributed by atoms with Crippen LogP contribution in [0.4, 0.5) is 0 Å². The van der Waals surface area contributed by atoms with Gasteiger partial charge in [0, 0.05) is 6.92 Å². The van der Waals surface area contributed by atoms with E-state index in [1.807, 2.05) is 0 Å². The number of amides is 2. The van der Waals surface area contributed by atoms with E-state index in [1.165, 1.54) is 6.92 Å². The number of unbranched alkanes of at least 4 members (excludes halogenated alkanes) is 3. The van der Waals surface area contributed by atoms with Gasteiger partial charge in [0.05, 0.1) is 25.4 Å². The zero-order chi connectivity index (χ0) is 33.1. The van der Waals surface area contributed by atoms with E-state index in [0.717, 1.165) is 57.8 Å². The lowest BCUT2D eigenvalue weighted by Crippen LogP contribution is -2.66. The fourth-order valence-corrected chi connectivity index (χ4v) is 6.42. The molecule has 1 aliphatic carbocycles. The lowest BCUT2D eigenvalue weighted by molar-refractivity contribution is -0.315. The van der Waals surface area contributed by atoms with Crippen LogP contribution in [0.2, 0.25) is 0 Å². The highest BCUT2D eigenvalue weighted by molar-refractivity contribution is 5.78. The van der Waals surface area contributed by atoms with E-state index in [0.29, 0.717) is 12.8 Å². The highest BCUT2D eigenvalue weighted by Crippen LogP contribution is 2.32. The quantitative estimate of drug-likeness (QED) is 0.104. The maximum absolute atomic E-state index is 12.5. The number of aliphatic hydroxyl groups is 5. The lowest BCUT2D eigenvalue weighted by Gasteiger charge is -2.46. The number of carbonyl (C=O) groups excluding carboxylic acids is 2. The Balaban J connectivity index is 1.81. The Labute approximate surface area is 265 Å². The first-order chi connectivity index (χ1) is 21.5. The second-order valence-electron chi connectivity index (χ2n) is 12.8. The van der Waals surface area contributed by atoms with Crippen LogP contribution in [0, 0.1) is 5.92 Å². The van der Waals surface area contributed by atoms with Gasteiger partial charge in [-0.25, -0.2) is 0 Å². The smallest absolute Gasteiger partial charge is 0.246 e. The molecule has 2 aliphatic heterocycles. The number of aliphatic hydroxyl groups excluding tert-OH is 5. The number of hydrogen-bond donors (Lipinski definition) is 7. The van der Waals surface area contributed by atoms with Gasteiger partial charge in [0.15, 0.2) is 12.6 Å². The van der Waals surface area contributed by atoms with Crippen molar-refractivity contribution in [1.82, 2.24) is 5.32 Å². The minimum absolute atomic E-state index is 0.112. The van der Waals surface area contributed by atoms with E-state index in [2.05, 4.69) is 12.2 Å². The van der Waals surface area contributed by atoms with E-state index < -0.39 is 92.0 Å². The zero-order valence-corrected chi connectivity index (χ0v) is 26.9. The van der Waals surface area contributed by atoms with Crippen molar-refractivity contribution in [3.8, 4) is 0 Å². The molecule has 2 heterocycles. The first-order valence-corrected chi connectivity index (χ1v) is 16.6. The van der Waals surface area contributed by atoms with Crippen LogP contribution in [0.25, 0.3) is 0 Å². The van der Waals surface area contributed by atoms with Crippen molar-refractivity contribution >= 4 is 11.8 Å². The third-order valence-electron chi connectivity index (χ3n) is 9.10. The van der Waals surface area contributed by atoms with Gasteiger partial charge < -0.3 is 60.3 Å². The van der Waals surface area contributed by atoms with Crippen LogP contribution in [0.3, 0.4) is 0 Å². The number of nitrogens with two attached hydrogens (primary N) is 1. The molecule has 2 saturated heterocycles. The summed E-state index contributed by atoms with van der Waals surface area (Å²) in [5, 5.41) is 54.7. The summed E-state index contributed by atoms with van der Waals surface area (Å²) in [6.07, 6.45) is -3.35. The molecular weight excluding hydrogens is 592 g/mol. The summed E-state index contributed by atoms with van der Waals surface area (Å²) in [6, 6.07) is -1.08. The molecule has 0 bridgehead atoms. The van der Waals surface area contributed by atoms with Gasteiger partial charge in [-0.15, -0.1) is 0 Å². The fourth-order valence-electron chi connectivity index (χ4n) is 6.42. The molecule has 0 aromatic rings. The van der Waals surface area contributed by atoms with Crippen molar-refractivity contribution in [2.24, 2.45) is 11.7 Å². The summed E-state index contributed by atoms with van der Waals surface area (Å²) >= 11 is 0. The monoisotopic (exact) mass is 648 g/mol. The summed E-state index contributed by atoms with van der Waals surface area (Å²) in [5.41, 5.74) is 5.75. The Morgan fingerprint density at radius 3 is 2.27 bits per heavy atom. The van der Waals surface area contributed by atoms with Gasteiger partial charge in [0.1, 0.15) is 48.8 Å². The van der Waals surface area contributed by atoms with Crippen molar-refractivity contribution < 1.29 is 58.8 Å². The predicted octanol–water partition coefficient (Wildman–Crippen LogP) is -0.0216. The second kappa shape index (κ2) is 18.8. The molecule has 3 rings (SSSR count). The number of ether oxygens (including phenoxy) is 5. The van der Waals surface area contributed by atoms with Crippen LogP contribution in [0.15, 0.2) is 0 Å². The number of nitrogens with one attached hydrogen (secondary N) is 1. The number of hydrogen-bond acceptors (Lipinski definition) is 12. The Kier molecular flexibility index (Phi) is 15.8. The van der Waals surface area contributed by atoms with E-state index in [-0.39, 0.29) is 12.5 Å². The van der Waals surface area contributed by atoms with E-state index in [9.17, 15) is 35.1 Å². The van der Waals surface area contributed by atoms with Gasteiger partial charge in [-0.2, -0.15) is 0 Å². The molecule has 0 aromatic carbocycles. The highest BCUT2D eigenvalue weighted by Gasteiger charge is 2.49. The molecule has 0 spiro atoms. The number of primary amides is 1. The van der Waals surface area contributed by atoms with Crippen LogP contribution >= 0.6 is 0 Å². The van der Waals surface area contributed by atoms with E-state index >= 15 is 0 Å². The summed E-state index contributed by atoms with van der Waals surface area (Å²) < 4.78 is 29.9. The van der Waals surface area contributed by atoms with Crippen molar-refractivity contribution in [3.63, 3.8) is 0 Å². The van der Waals surface area contributed by atoms with Crippen molar-refractivity contribution in [2.75, 3.05) is 13.2 Å². The minimum atomic E-state index is -1.50. The standard InChI is InChI=1S/C31H56N2O12/c1-4-5-6-10-13-20(16-41-31-27(39)26(38)24(36)17(2)42-31)43-30-23(33-18(3)35)28(25(37)22(15-34)45-30)44-21(29(32)40)14-19-11-8-7-9-12-19/h17,19-28,30-31,34,36-39H,4-16H2,1-3H3,(H2,32,40)(H,33,35)/t17-,20+,21-,22-,23?,24?,25-,26-,27-,28?,30+,31?/m0/s1. The van der Waals surface area contributed by atoms with Gasteiger partial charge in [0.2, 0.25) is 11.8 Å². The molecule has 12 atom stereocenters. The number of rotatable bonds is 17. The molecule has 0 radical (unpaired) electrons. The second-order valence-corrected chi connectivity index (χ2v) is 12.8. The molecule has 45 heavy (non-hydrogen) atoms. The Bertz CT molecular complexity index is 893. The van der Waals surface area contributed by atoms with Crippen LogP contribution < -0.4 is 11.1 Å². The van der Waals surface area contributed by atoms with Crippen LogP contribution in [0.5, 0.6) is 0 Å². The van der Waals surface area contributed by atoms with Gasteiger partial charge in [0.25, 0.3) is 0 Å². The van der Waals surface area contributed by atoms with E-state index in [1.54, 1.807) is 6.92 Å². The first kappa shape index (κ1) is 38.0. The third-order valence-corrected chi connectivity index (χ3v) is 9.10. The predicted molar refractivity (Wildman–Crippen MR) is 160 cm³/mol. The maximum Gasteiger partial charge on any atom is 0.246 e. The van der Waals surface area contributed by atoms with Crippen LogP contribution in [-0.2, 0) is 33.3 Å². The van der Waals surface area contributed by atoms with Crippen molar-refractivity contribution in [2.45, 2.75) is 165 Å². The molecule has 3 aliphatic rings. The highest BCUT2D eigenvalue weighted by atomic mass is 16.7. The summed E-state index contributed by atoms with van der Waals surface area (Å²) in [4.78, 5) is 24.9. The Hall–Kier alpha value is -1.46. The van der Waals surface area contributed by atoms with Gasteiger partial charge in [-0.1, -0.05) is 64.7 Å². The van der Waals surface area contributed by atoms with Gasteiger partial charge in [-0.3, -0.25) is 9.59 Å². The van der Waals surface area contributed by atoms with Crippen molar-refractivity contribution in [1.29, 1.82) is 0 Å². The van der Waals surface area contributed by atoms with Crippen molar-refractivity contribution in [3.05, 3.63) is 0 Å². The summed E-state index contributed by atoms with van der Waals surface area (Å²) in [5.74, 6) is -0.912. The molecule has 2 amide bonds. The average Bonchev–Trinajstić information content (AvgIpc) is 3.01. The third kappa shape index (κ3) is 11.1. The maximum atomic E-state index is 12.5. The van der Waals surface area contributed by atoms with Crippen LogP contribution in [-0.4, -0.2) is 124 Å². The van der Waals surface area contributed by atoms with Crippen LogP contribution in [0.1, 0.15) is 91.4 Å².